The zero-order valence-electron chi connectivity index (χ0n) is 45.6. The van der Waals surface area contributed by atoms with Crippen molar-refractivity contribution in [2.24, 2.45) is 0 Å². The second kappa shape index (κ2) is 57.4. The zero-order valence-corrected chi connectivity index (χ0v) is 45.6. The van der Waals surface area contributed by atoms with E-state index in [1.54, 1.807) is 0 Å². The summed E-state index contributed by atoms with van der Waals surface area (Å²) in [5.74, 6) is -0.893. The van der Waals surface area contributed by atoms with Crippen molar-refractivity contribution in [3.8, 4) is 0 Å². The van der Waals surface area contributed by atoms with E-state index >= 15 is 0 Å². The van der Waals surface area contributed by atoms with Gasteiger partial charge in [0.1, 0.15) is 13.2 Å². The van der Waals surface area contributed by atoms with E-state index in [2.05, 4.69) is 93.7 Å². The Labute approximate surface area is 427 Å². The third-order valence-electron chi connectivity index (χ3n) is 12.7. The van der Waals surface area contributed by atoms with Crippen LogP contribution in [-0.2, 0) is 28.6 Å². The molecular weight excluding hydrogens is 853 g/mol. The molecule has 6 heteroatoms. The van der Waals surface area contributed by atoms with Gasteiger partial charge in [0.15, 0.2) is 6.10 Å². The lowest BCUT2D eigenvalue weighted by molar-refractivity contribution is -0.167. The molecule has 0 saturated heterocycles. The highest BCUT2D eigenvalue weighted by Crippen LogP contribution is 2.16. The van der Waals surface area contributed by atoms with Gasteiger partial charge in [-0.1, -0.05) is 261 Å². The molecule has 0 bridgehead atoms. The van der Waals surface area contributed by atoms with Crippen molar-refractivity contribution in [1.82, 2.24) is 0 Å². The molecule has 6 nitrogen and oxygen atoms in total. The lowest BCUT2D eigenvalue weighted by atomic mass is 10.0. The van der Waals surface area contributed by atoms with Gasteiger partial charge in [-0.3, -0.25) is 14.4 Å². The topological polar surface area (TPSA) is 78.9 Å². The van der Waals surface area contributed by atoms with Crippen molar-refractivity contribution in [3.05, 3.63) is 72.9 Å². The highest BCUT2D eigenvalue weighted by Gasteiger charge is 2.19. The Bertz CT molecular complexity index is 1290. The largest absolute Gasteiger partial charge is 0.462 e. The van der Waals surface area contributed by atoms with Gasteiger partial charge in [-0.15, -0.1) is 0 Å². The predicted molar refractivity (Wildman–Crippen MR) is 298 cm³/mol. The number of ether oxygens (including phenoxy) is 3. The van der Waals surface area contributed by atoms with Crippen LogP contribution < -0.4 is 0 Å². The van der Waals surface area contributed by atoms with Crippen molar-refractivity contribution in [3.63, 3.8) is 0 Å². The molecule has 69 heavy (non-hydrogen) atoms. The second-order valence-corrected chi connectivity index (χ2v) is 19.5. The first-order chi connectivity index (χ1) is 34.0. The molecule has 1 unspecified atom stereocenters. The monoisotopic (exact) mass is 963 g/mol. The molecule has 398 valence electrons. The minimum Gasteiger partial charge on any atom is -0.462 e. The van der Waals surface area contributed by atoms with Crippen LogP contribution in [0.15, 0.2) is 72.9 Å². The van der Waals surface area contributed by atoms with Gasteiger partial charge in [0.2, 0.25) is 0 Å². The minimum absolute atomic E-state index is 0.0778. The molecule has 0 saturated carbocycles. The number of hydrogen-bond donors (Lipinski definition) is 0. The maximum absolute atomic E-state index is 12.8. The average molecular weight is 964 g/mol. The molecule has 0 aromatic carbocycles. The number of carbonyl (C=O) groups excluding carboxylic acids is 3. The third-order valence-corrected chi connectivity index (χ3v) is 12.7. The predicted octanol–water partition coefficient (Wildman–Crippen LogP) is 19.8. The first-order valence-corrected chi connectivity index (χ1v) is 29.4. The summed E-state index contributed by atoms with van der Waals surface area (Å²) in [6.45, 7) is 6.43. The number of allylic oxidation sites excluding steroid dienone is 12. The Hall–Kier alpha value is -3.15. The zero-order chi connectivity index (χ0) is 50.0. The van der Waals surface area contributed by atoms with E-state index in [9.17, 15) is 14.4 Å². The molecular formula is C63H110O6. The lowest BCUT2D eigenvalue weighted by Crippen LogP contribution is -2.30. The van der Waals surface area contributed by atoms with E-state index in [0.717, 1.165) is 109 Å². The van der Waals surface area contributed by atoms with Crippen LogP contribution in [0.2, 0.25) is 0 Å². The summed E-state index contributed by atoms with van der Waals surface area (Å²) in [6, 6.07) is 0. The maximum Gasteiger partial charge on any atom is 0.306 e. The SMILES string of the molecule is CC/C=C\C/C=C\C/C=C\C/C=C\CCCCCCCCCCCCCCCCCCCCC(=O)OCC(COC(=O)CCCCCCCC)OC(=O)CCCCCCC/C=C\C/C=C\CCCC. The molecule has 0 rings (SSSR count). The van der Waals surface area contributed by atoms with Crippen LogP contribution in [0.1, 0.15) is 290 Å². The quantitative estimate of drug-likeness (QED) is 0.0262. The Morgan fingerprint density at radius 3 is 0.928 bits per heavy atom. The Morgan fingerprint density at radius 2 is 0.580 bits per heavy atom. The van der Waals surface area contributed by atoms with E-state index < -0.39 is 6.10 Å². The average Bonchev–Trinajstić information content (AvgIpc) is 3.35. The van der Waals surface area contributed by atoms with Gasteiger partial charge >= 0.3 is 17.9 Å². The fourth-order valence-electron chi connectivity index (χ4n) is 8.27. The molecule has 0 aromatic heterocycles. The Morgan fingerprint density at radius 1 is 0.304 bits per heavy atom. The van der Waals surface area contributed by atoms with Crippen LogP contribution in [0.3, 0.4) is 0 Å². The molecule has 0 spiro atoms. The molecule has 0 aromatic rings. The summed E-state index contributed by atoms with van der Waals surface area (Å²) in [7, 11) is 0. The van der Waals surface area contributed by atoms with Gasteiger partial charge < -0.3 is 14.2 Å². The fourth-order valence-corrected chi connectivity index (χ4v) is 8.27. The van der Waals surface area contributed by atoms with Crippen molar-refractivity contribution >= 4 is 17.9 Å². The number of carbonyl (C=O) groups is 3. The molecule has 0 aliphatic heterocycles. The number of rotatable bonds is 53. The summed E-state index contributed by atoms with van der Waals surface area (Å²) in [6.07, 6.45) is 73.7. The summed E-state index contributed by atoms with van der Waals surface area (Å²) >= 11 is 0. The molecule has 1 atom stereocenters. The summed E-state index contributed by atoms with van der Waals surface area (Å²) < 4.78 is 16.7. The first-order valence-electron chi connectivity index (χ1n) is 29.4. The van der Waals surface area contributed by atoms with Crippen molar-refractivity contribution < 1.29 is 28.6 Å². The van der Waals surface area contributed by atoms with Gasteiger partial charge in [0.05, 0.1) is 0 Å². The Kier molecular flexibility index (Phi) is 54.8. The van der Waals surface area contributed by atoms with Gasteiger partial charge in [0, 0.05) is 19.3 Å². The van der Waals surface area contributed by atoms with E-state index in [1.165, 1.54) is 141 Å². The summed E-state index contributed by atoms with van der Waals surface area (Å²) in [4.78, 5) is 37.8. The van der Waals surface area contributed by atoms with E-state index in [1.807, 2.05) is 0 Å². The number of unbranched alkanes of at least 4 members (excludes halogenated alkanes) is 30. The van der Waals surface area contributed by atoms with Gasteiger partial charge in [-0.25, -0.2) is 0 Å². The molecule has 0 aliphatic rings. The lowest BCUT2D eigenvalue weighted by Gasteiger charge is -2.18. The normalized spacial score (nSPS) is 12.6. The molecule has 0 radical (unpaired) electrons. The van der Waals surface area contributed by atoms with Crippen LogP contribution in [0.25, 0.3) is 0 Å². The highest BCUT2D eigenvalue weighted by atomic mass is 16.6. The van der Waals surface area contributed by atoms with E-state index in [0.29, 0.717) is 19.3 Å². The summed E-state index contributed by atoms with van der Waals surface area (Å²) in [5, 5.41) is 0. The van der Waals surface area contributed by atoms with Crippen LogP contribution in [-0.4, -0.2) is 37.2 Å². The third kappa shape index (κ3) is 55.6. The summed E-state index contributed by atoms with van der Waals surface area (Å²) in [5.41, 5.74) is 0. The van der Waals surface area contributed by atoms with Crippen LogP contribution in [0.5, 0.6) is 0 Å². The molecule has 0 heterocycles. The molecule has 0 amide bonds. The number of esters is 3. The molecule has 0 fully saturated rings. The number of hydrogen-bond acceptors (Lipinski definition) is 6. The molecule has 0 N–H and O–H groups in total. The van der Waals surface area contributed by atoms with Crippen molar-refractivity contribution in [2.45, 2.75) is 297 Å². The fraction of sp³-hybridized carbons (Fsp3) is 0.762. The van der Waals surface area contributed by atoms with E-state index in [4.69, 9.17) is 14.2 Å². The van der Waals surface area contributed by atoms with Gasteiger partial charge in [0.25, 0.3) is 0 Å². The standard InChI is InChI=1S/C63H110O6/c1-4-7-10-13-16-18-20-22-24-25-26-27-28-29-30-31-32-33-34-35-36-37-38-39-40-42-43-45-47-50-53-56-62(65)68-59-60(58-67-61(64)55-52-49-15-12-9-6-3)69-63(66)57-54-51-48-46-44-41-23-21-19-17-14-11-8-5-2/h7,10,14,16-18,21-24,26-27,60H,4-6,8-9,11-13,15,19-20,25,28-59H2,1-3H3/b10-7-,17-14-,18-16-,23-21-,24-22-,27-26-. The van der Waals surface area contributed by atoms with E-state index in [-0.39, 0.29) is 31.1 Å². The minimum atomic E-state index is -0.776. The molecule has 0 aliphatic carbocycles. The highest BCUT2D eigenvalue weighted by molar-refractivity contribution is 5.71. The smallest absolute Gasteiger partial charge is 0.306 e. The van der Waals surface area contributed by atoms with Crippen LogP contribution in [0, 0.1) is 0 Å². The van der Waals surface area contributed by atoms with Crippen molar-refractivity contribution in [1.29, 1.82) is 0 Å². The Balaban J connectivity index is 3.99. The van der Waals surface area contributed by atoms with Gasteiger partial charge in [-0.2, -0.15) is 0 Å². The van der Waals surface area contributed by atoms with Crippen LogP contribution >= 0.6 is 0 Å². The second-order valence-electron chi connectivity index (χ2n) is 19.5. The van der Waals surface area contributed by atoms with Crippen molar-refractivity contribution in [2.75, 3.05) is 13.2 Å². The first kappa shape index (κ1) is 65.8. The van der Waals surface area contributed by atoms with Crippen LogP contribution in [0.4, 0.5) is 0 Å². The maximum atomic E-state index is 12.8. The van der Waals surface area contributed by atoms with Gasteiger partial charge in [-0.05, 0) is 83.5 Å².